The van der Waals surface area contributed by atoms with Crippen LogP contribution in [0.1, 0.15) is 10.5 Å². The van der Waals surface area contributed by atoms with Gasteiger partial charge in [0, 0.05) is 14.1 Å². The van der Waals surface area contributed by atoms with Crippen LogP contribution in [0, 0.1) is 0 Å². The molecular formula is C16H16N4OS. The largest absolute Gasteiger partial charge is 0.284 e. The molecule has 1 aromatic carbocycles. The van der Waals surface area contributed by atoms with E-state index >= 15 is 0 Å². The molecule has 0 atom stereocenters. The predicted octanol–water partition coefficient (Wildman–Crippen LogP) is 2.81. The lowest BCUT2D eigenvalue weighted by molar-refractivity contribution is 0.0848. The Morgan fingerprint density at radius 1 is 1.18 bits per heavy atom. The summed E-state index contributed by atoms with van der Waals surface area (Å²) in [5.41, 5.74) is 4.92. The summed E-state index contributed by atoms with van der Waals surface area (Å²) in [6, 6.07) is 15.4. The molecule has 2 heterocycles. The number of nitrogens with one attached hydrogen (secondary N) is 1. The van der Waals surface area contributed by atoms with E-state index in [1.54, 1.807) is 35.1 Å². The van der Waals surface area contributed by atoms with Crippen molar-refractivity contribution >= 4 is 17.2 Å². The maximum absolute atomic E-state index is 12.4. The van der Waals surface area contributed by atoms with E-state index in [0.29, 0.717) is 5.69 Å². The molecule has 0 saturated carbocycles. The molecule has 5 nitrogen and oxygen atoms in total. The van der Waals surface area contributed by atoms with Crippen molar-refractivity contribution in [2.75, 3.05) is 14.1 Å². The van der Waals surface area contributed by atoms with Crippen LogP contribution < -0.4 is 5.43 Å². The van der Waals surface area contributed by atoms with Crippen molar-refractivity contribution in [2.45, 2.75) is 0 Å². The second-order valence-corrected chi connectivity index (χ2v) is 5.92. The second kappa shape index (κ2) is 6.13. The van der Waals surface area contributed by atoms with Crippen molar-refractivity contribution in [2.24, 2.45) is 0 Å². The third kappa shape index (κ3) is 2.93. The van der Waals surface area contributed by atoms with Gasteiger partial charge in [-0.25, -0.2) is 9.69 Å². The van der Waals surface area contributed by atoms with Gasteiger partial charge in [-0.05, 0) is 29.6 Å². The third-order valence-electron chi connectivity index (χ3n) is 3.04. The summed E-state index contributed by atoms with van der Waals surface area (Å²) in [5, 5.41) is 8.22. The highest BCUT2D eigenvalue weighted by Crippen LogP contribution is 2.25. The van der Waals surface area contributed by atoms with Gasteiger partial charge in [-0.2, -0.15) is 5.10 Å². The fourth-order valence-electron chi connectivity index (χ4n) is 2.11. The Balaban J connectivity index is 2.08. The maximum Gasteiger partial charge on any atom is 0.284 e. The highest BCUT2D eigenvalue weighted by atomic mass is 32.1. The van der Waals surface area contributed by atoms with Gasteiger partial charge in [0.15, 0.2) is 0 Å². The van der Waals surface area contributed by atoms with E-state index in [9.17, 15) is 4.79 Å². The van der Waals surface area contributed by atoms with Crippen molar-refractivity contribution in [1.82, 2.24) is 20.2 Å². The first-order valence-corrected chi connectivity index (χ1v) is 7.71. The van der Waals surface area contributed by atoms with Crippen LogP contribution in [-0.4, -0.2) is 34.8 Å². The van der Waals surface area contributed by atoms with Crippen molar-refractivity contribution in [1.29, 1.82) is 0 Å². The molecule has 0 saturated heterocycles. The highest BCUT2D eigenvalue weighted by Gasteiger charge is 2.18. The Kier molecular flexibility index (Phi) is 4.04. The summed E-state index contributed by atoms with van der Waals surface area (Å²) in [4.78, 5) is 13.5. The molecule has 2 aromatic heterocycles. The summed E-state index contributed by atoms with van der Waals surface area (Å²) in [6.45, 7) is 0. The molecule has 1 amide bonds. The smallest absolute Gasteiger partial charge is 0.284 e. The summed E-state index contributed by atoms with van der Waals surface area (Å²) in [7, 11) is 3.56. The molecule has 6 heteroatoms. The molecule has 0 aliphatic carbocycles. The molecule has 1 N–H and O–H groups in total. The number of benzene rings is 1. The lowest BCUT2D eigenvalue weighted by Gasteiger charge is -2.12. The van der Waals surface area contributed by atoms with Crippen LogP contribution in [0.3, 0.4) is 0 Å². The van der Waals surface area contributed by atoms with Crippen LogP contribution in [0.5, 0.6) is 0 Å². The van der Waals surface area contributed by atoms with Crippen LogP contribution in [0.25, 0.3) is 16.3 Å². The van der Waals surface area contributed by atoms with Gasteiger partial charge in [0.25, 0.3) is 5.91 Å². The number of nitrogens with zero attached hydrogens (tertiary/aromatic N) is 3. The van der Waals surface area contributed by atoms with Crippen molar-refractivity contribution in [3.05, 3.63) is 59.6 Å². The van der Waals surface area contributed by atoms with Crippen molar-refractivity contribution in [3.63, 3.8) is 0 Å². The van der Waals surface area contributed by atoms with Crippen molar-refractivity contribution < 1.29 is 4.79 Å². The fourth-order valence-corrected chi connectivity index (χ4v) is 2.80. The predicted molar refractivity (Wildman–Crippen MR) is 88.0 cm³/mol. The quantitative estimate of drug-likeness (QED) is 0.754. The first kappa shape index (κ1) is 14.5. The summed E-state index contributed by atoms with van der Waals surface area (Å²) < 4.78 is 1.67. The Labute approximate surface area is 132 Å². The average Bonchev–Trinajstić information content (AvgIpc) is 3.16. The molecule has 0 spiro atoms. The Bertz CT molecular complexity index is 763. The van der Waals surface area contributed by atoms with E-state index in [0.717, 1.165) is 16.3 Å². The number of amides is 1. The summed E-state index contributed by atoms with van der Waals surface area (Å²) >= 11 is 1.60. The minimum absolute atomic E-state index is 0.191. The molecule has 0 bridgehead atoms. The molecule has 3 rings (SSSR count). The molecule has 22 heavy (non-hydrogen) atoms. The number of thiophene rings is 1. The Morgan fingerprint density at radius 3 is 2.59 bits per heavy atom. The van der Waals surface area contributed by atoms with E-state index in [2.05, 4.69) is 10.5 Å². The standard InChI is InChI=1S/C16H16N4OS/c1-19(2)18-16(21)14-11-13(15-9-6-10-22-15)17-20(14)12-7-4-3-5-8-12/h3-11H,1-2H3,(H,18,21). The number of carbonyl (C=O) groups is 1. The summed E-state index contributed by atoms with van der Waals surface area (Å²) in [5.74, 6) is -0.191. The average molecular weight is 312 g/mol. The number of para-hydroxylation sites is 1. The normalized spacial score (nSPS) is 10.9. The Hall–Kier alpha value is -2.44. The zero-order chi connectivity index (χ0) is 15.5. The number of carbonyl (C=O) groups excluding carboxylic acids is 1. The minimum atomic E-state index is -0.191. The summed E-state index contributed by atoms with van der Waals surface area (Å²) in [6.07, 6.45) is 0. The maximum atomic E-state index is 12.4. The third-order valence-corrected chi connectivity index (χ3v) is 3.93. The van der Waals surface area contributed by atoms with Crippen LogP contribution in [0.15, 0.2) is 53.9 Å². The van der Waals surface area contributed by atoms with Gasteiger partial charge in [0.1, 0.15) is 11.4 Å². The van der Waals surface area contributed by atoms with Gasteiger partial charge in [0.2, 0.25) is 0 Å². The zero-order valence-electron chi connectivity index (χ0n) is 12.4. The van der Waals surface area contributed by atoms with Crippen LogP contribution >= 0.6 is 11.3 Å². The number of hydrogen-bond acceptors (Lipinski definition) is 4. The second-order valence-electron chi connectivity index (χ2n) is 4.97. The highest BCUT2D eigenvalue weighted by molar-refractivity contribution is 7.13. The number of hydrazine groups is 1. The number of rotatable bonds is 4. The molecule has 3 aromatic rings. The lowest BCUT2D eigenvalue weighted by atomic mass is 10.3. The van der Waals surface area contributed by atoms with Gasteiger partial charge >= 0.3 is 0 Å². The molecular weight excluding hydrogens is 296 g/mol. The molecule has 0 aliphatic rings. The minimum Gasteiger partial charge on any atom is -0.284 e. The molecule has 0 aliphatic heterocycles. The van der Waals surface area contributed by atoms with Gasteiger partial charge in [-0.1, -0.05) is 24.3 Å². The van der Waals surface area contributed by atoms with E-state index in [1.165, 1.54) is 0 Å². The zero-order valence-corrected chi connectivity index (χ0v) is 13.2. The first-order chi connectivity index (χ1) is 10.6. The van der Waals surface area contributed by atoms with E-state index in [-0.39, 0.29) is 5.91 Å². The number of hydrogen-bond donors (Lipinski definition) is 1. The SMILES string of the molecule is CN(C)NC(=O)c1cc(-c2cccs2)nn1-c1ccccc1. The molecule has 0 radical (unpaired) electrons. The van der Waals surface area contributed by atoms with E-state index in [1.807, 2.05) is 53.9 Å². The van der Waals surface area contributed by atoms with Gasteiger partial charge < -0.3 is 0 Å². The Morgan fingerprint density at radius 2 is 1.95 bits per heavy atom. The monoisotopic (exact) mass is 312 g/mol. The van der Waals surface area contributed by atoms with Crippen molar-refractivity contribution in [3.8, 4) is 16.3 Å². The van der Waals surface area contributed by atoms with E-state index in [4.69, 9.17) is 0 Å². The lowest BCUT2D eigenvalue weighted by Crippen LogP contribution is -2.37. The van der Waals surface area contributed by atoms with Gasteiger partial charge in [-0.3, -0.25) is 10.2 Å². The number of aromatic nitrogens is 2. The van der Waals surface area contributed by atoms with Gasteiger partial charge in [-0.15, -0.1) is 11.3 Å². The van der Waals surface area contributed by atoms with E-state index < -0.39 is 0 Å². The topological polar surface area (TPSA) is 50.2 Å². The van der Waals surface area contributed by atoms with Gasteiger partial charge in [0.05, 0.1) is 10.6 Å². The van der Waals surface area contributed by atoms with Crippen LogP contribution in [-0.2, 0) is 0 Å². The van der Waals surface area contributed by atoms with Crippen LogP contribution in [0.4, 0.5) is 0 Å². The molecule has 112 valence electrons. The van der Waals surface area contributed by atoms with Crippen LogP contribution in [0.2, 0.25) is 0 Å². The molecule has 0 unspecified atom stereocenters. The first-order valence-electron chi connectivity index (χ1n) is 6.83. The fraction of sp³-hybridized carbons (Fsp3) is 0.125. The molecule has 0 fully saturated rings.